The van der Waals surface area contributed by atoms with Crippen LogP contribution in [0.3, 0.4) is 0 Å². The van der Waals surface area contributed by atoms with Gasteiger partial charge < -0.3 is 29.5 Å². The number of hydrogen-bond acceptors (Lipinski definition) is 14. The lowest BCUT2D eigenvalue weighted by Crippen LogP contribution is -2.57. The molecule has 1 aliphatic carbocycles. The number of benzene rings is 1. The summed E-state index contributed by atoms with van der Waals surface area (Å²) in [6.45, 7) is 13.3. The Kier molecular flexibility index (Phi) is 10.8. The van der Waals surface area contributed by atoms with Gasteiger partial charge in [-0.3, -0.25) is 44.0 Å². The van der Waals surface area contributed by atoms with Crippen LogP contribution < -0.4 is 30.1 Å². The molecule has 0 spiro atoms. The van der Waals surface area contributed by atoms with E-state index in [2.05, 4.69) is 60.6 Å². The fourth-order valence-electron chi connectivity index (χ4n) is 11.8. The standard InChI is InChI=1S/C53H59N11O7/c1-30-29-60(34-13-16-59(17-14-34)35-6-8-38-39(24-35)51(69)64(50(38)68)41-9-11-45(66)58-48(41)67)18-19-61(30)36-7-10-44(55-28-36)57-40-22-33(27-56-49(40)71-5)37-12-15-54-47(46(37)31(2)65)63-21-20-62-42(52(63)70)23-32-25-53(3,4)26-43(32)62/h6-8,10,12,15,22-24,27-28,30-31,34,41,65H,9,11,13-14,16-21,25-26,29H2,1-5H3,(H,55,57)(H,58,66,67)/t30-,31-,41-/m0/s1/i5D3. The molecule has 3 saturated heterocycles. The molecule has 3 N–H and O–H groups in total. The van der Waals surface area contributed by atoms with E-state index < -0.39 is 42.8 Å². The van der Waals surface area contributed by atoms with Gasteiger partial charge in [-0.25, -0.2) is 15.0 Å². The molecule has 5 aromatic rings. The van der Waals surface area contributed by atoms with Crippen LogP contribution in [0.2, 0.25) is 0 Å². The summed E-state index contributed by atoms with van der Waals surface area (Å²) in [4.78, 5) is 88.7. The summed E-state index contributed by atoms with van der Waals surface area (Å²) in [5.74, 6) is -1.64. The number of nitrogens with zero attached hydrogens (tertiary/aromatic N) is 9. The summed E-state index contributed by atoms with van der Waals surface area (Å²) >= 11 is 0. The Balaban J connectivity index is 0.746. The molecule has 5 aliphatic heterocycles. The molecule has 3 atom stereocenters. The van der Waals surface area contributed by atoms with E-state index in [1.54, 1.807) is 48.5 Å². The molecule has 4 aromatic heterocycles. The second-order valence-corrected chi connectivity index (χ2v) is 20.5. The second-order valence-electron chi connectivity index (χ2n) is 20.5. The van der Waals surface area contributed by atoms with E-state index in [-0.39, 0.29) is 52.9 Å². The number of carbonyl (C=O) groups is 5. The number of piperidine rings is 2. The molecule has 6 aliphatic rings. The van der Waals surface area contributed by atoms with Crippen LogP contribution in [0.1, 0.15) is 112 Å². The number of ether oxygens (including phenoxy) is 1. The highest BCUT2D eigenvalue weighted by molar-refractivity contribution is 6.23. The number of fused-ring (bicyclic) bond motifs is 4. The first-order valence-electron chi connectivity index (χ1n) is 26.0. The van der Waals surface area contributed by atoms with Gasteiger partial charge in [0.1, 0.15) is 29.1 Å². The molecule has 1 aromatic carbocycles. The first kappa shape index (κ1) is 42.7. The average molecular weight is 965 g/mol. The van der Waals surface area contributed by atoms with Crippen LogP contribution in [-0.4, -0.2) is 128 Å². The quantitative estimate of drug-likeness (QED) is 0.148. The zero-order chi connectivity index (χ0) is 52.0. The molecule has 3 fully saturated rings. The molecule has 18 heteroatoms. The Bertz CT molecular complexity index is 3110. The van der Waals surface area contributed by atoms with Crippen molar-refractivity contribution >= 4 is 58.2 Å². The summed E-state index contributed by atoms with van der Waals surface area (Å²) in [6, 6.07) is 14.1. The summed E-state index contributed by atoms with van der Waals surface area (Å²) in [7, 11) is -2.80. The fourth-order valence-corrected chi connectivity index (χ4v) is 11.8. The van der Waals surface area contributed by atoms with Crippen LogP contribution in [0.5, 0.6) is 5.88 Å². The number of aliphatic hydroxyl groups is 1. The van der Waals surface area contributed by atoms with Gasteiger partial charge in [0.05, 0.1) is 40.3 Å². The predicted molar refractivity (Wildman–Crippen MR) is 266 cm³/mol. The van der Waals surface area contributed by atoms with Gasteiger partial charge in [0.15, 0.2) is 0 Å². The van der Waals surface area contributed by atoms with Crippen LogP contribution in [0.25, 0.3) is 11.1 Å². The highest BCUT2D eigenvalue weighted by Gasteiger charge is 2.45. The lowest BCUT2D eigenvalue weighted by Gasteiger charge is -2.46. The number of piperazine rings is 1. The fraction of sp³-hybridized carbons (Fsp3) is 0.434. The van der Waals surface area contributed by atoms with Crippen molar-refractivity contribution in [2.24, 2.45) is 5.41 Å². The SMILES string of the molecule is [2H]C([2H])([2H])Oc1ncc(-c2ccnc(N3CCn4c(cc5c4CC(C)(C)C5)C3=O)c2[C@H](C)O)cc1Nc1ccc(N2CCN(C3CCN(c4ccc5c(c4)C(=O)N([C@H]4CCC(=O)NC4=O)C5=O)CC3)C[C@@H]2C)cn1. The second kappa shape index (κ2) is 17.9. The molecule has 0 saturated carbocycles. The minimum absolute atomic E-state index is 0.0677. The van der Waals surface area contributed by atoms with Gasteiger partial charge in [-0.2, -0.15) is 0 Å². The topological polar surface area (TPSA) is 199 Å². The average Bonchev–Trinajstić information content (AvgIpc) is 3.96. The summed E-state index contributed by atoms with van der Waals surface area (Å²) < 4.78 is 31.1. The zero-order valence-corrected chi connectivity index (χ0v) is 40.3. The van der Waals surface area contributed by atoms with E-state index >= 15 is 0 Å². The maximum atomic E-state index is 14.2. The van der Waals surface area contributed by atoms with Crippen molar-refractivity contribution in [1.82, 2.24) is 34.6 Å². The minimum atomic E-state index is -2.80. The van der Waals surface area contributed by atoms with Gasteiger partial charge in [-0.1, -0.05) is 13.8 Å². The Morgan fingerprint density at radius 1 is 0.845 bits per heavy atom. The molecule has 0 radical (unpaired) electrons. The maximum absolute atomic E-state index is 14.2. The third-order valence-corrected chi connectivity index (χ3v) is 15.3. The monoisotopic (exact) mass is 964 g/mol. The van der Waals surface area contributed by atoms with E-state index in [4.69, 9.17) is 13.8 Å². The van der Waals surface area contributed by atoms with Gasteiger partial charge in [-0.15, -0.1) is 0 Å². The van der Waals surface area contributed by atoms with E-state index in [1.165, 1.54) is 17.5 Å². The number of methoxy groups -OCH3 is 1. The number of hydrogen-bond donors (Lipinski definition) is 3. The molecule has 71 heavy (non-hydrogen) atoms. The number of pyridine rings is 3. The number of imide groups is 2. The molecule has 0 bridgehead atoms. The molecule has 9 heterocycles. The van der Waals surface area contributed by atoms with E-state index in [0.29, 0.717) is 53.2 Å². The number of anilines is 5. The predicted octanol–water partition coefficient (Wildman–Crippen LogP) is 5.51. The Morgan fingerprint density at radius 3 is 2.39 bits per heavy atom. The van der Waals surface area contributed by atoms with E-state index in [1.807, 2.05) is 24.3 Å². The smallest absolute Gasteiger partial charge is 0.276 e. The molecule has 0 unspecified atom stereocenters. The van der Waals surface area contributed by atoms with Crippen molar-refractivity contribution in [3.05, 3.63) is 101 Å². The Labute approximate surface area is 416 Å². The maximum Gasteiger partial charge on any atom is 0.276 e. The summed E-state index contributed by atoms with van der Waals surface area (Å²) in [5.41, 5.74) is 7.28. The molecule has 5 amide bonds. The normalized spacial score (nSPS) is 22.7. The summed E-state index contributed by atoms with van der Waals surface area (Å²) in [6.07, 6.45) is 7.66. The third-order valence-electron chi connectivity index (χ3n) is 15.3. The van der Waals surface area contributed by atoms with E-state index in [9.17, 15) is 29.1 Å². The van der Waals surface area contributed by atoms with Crippen molar-refractivity contribution in [2.75, 3.05) is 66.3 Å². The van der Waals surface area contributed by atoms with E-state index in [0.717, 1.165) is 74.7 Å². The van der Waals surface area contributed by atoms with Crippen molar-refractivity contribution < 1.29 is 37.9 Å². The van der Waals surface area contributed by atoms with Crippen LogP contribution in [0.15, 0.2) is 67.1 Å². The zero-order valence-electron chi connectivity index (χ0n) is 43.3. The highest BCUT2D eigenvalue weighted by Crippen LogP contribution is 2.42. The molecule has 11 rings (SSSR count). The summed E-state index contributed by atoms with van der Waals surface area (Å²) in [5, 5.41) is 16.8. The lowest BCUT2D eigenvalue weighted by atomic mass is 9.90. The first-order valence-corrected chi connectivity index (χ1v) is 24.5. The van der Waals surface area contributed by atoms with Crippen LogP contribution in [-0.2, 0) is 29.0 Å². The molecular weight excluding hydrogens is 903 g/mol. The van der Waals surface area contributed by atoms with Crippen LogP contribution >= 0.6 is 0 Å². The highest BCUT2D eigenvalue weighted by atomic mass is 16.5. The van der Waals surface area contributed by atoms with Gasteiger partial charge in [0, 0.05) is 99.2 Å². The van der Waals surface area contributed by atoms with Gasteiger partial charge in [-0.05, 0) is 111 Å². The Hall–Kier alpha value is -7.18. The number of aromatic nitrogens is 4. The Morgan fingerprint density at radius 2 is 1.65 bits per heavy atom. The van der Waals surface area contributed by atoms with Gasteiger partial charge in [0.2, 0.25) is 17.7 Å². The number of nitrogens with one attached hydrogen (secondary N) is 2. The van der Waals surface area contributed by atoms with Crippen LogP contribution in [0, 0.1) is 5.41 Å². The molecule has 368 valence electrons. The van der Waals surface area contributed by atoms with Crippen molar-refractivity contribution in [2.45, 2.75) is 97.0 Å². The third kappa shape index (κ3) is 8.25. The van der Waals surface area contributed by atoms with Gasteiger partial charge in [0.25, 0.3) is 17.7 Å². The number of carbonyl (C=O) groups excluding carboxylic acids is 5. The molecule has 18 nitrogen and oxygen atoms in total. The minimum Gasteiger partial charge on any atom is -0.480 e. The number of aliphatic hydroxyl groups excluding tert-OH is 1. The van der Waals surface area contributed by atoms with Crippen LogP contribution in [0.4, 0.5) is 28.7 Å². The first-order chi connectivity index (χ1) is 35.3. The molecular formula is C53H59N11O7. The lowest BCUT2D eigenvalue weighted by molar-refractivity contribution is -0.136. The number of rotatable bonds is 10. The number of amides is 5. The van der Waals surface area contributed by atoms with Crippen molar-refractivity contribution in [3.8, 4) is 17.0 Å². The largest absolute Gasteiger partial charge is 0.480 e. The van der Waals surface area contributed by atoms with Crippen molar-refractivity contribution in [1.29, 1.82) is 0 Å². The van der Waals surface area contributed by atoms with Gasteiger partial charge >= 0.3 is 0 Å². The van der Waals surface area contributed by atoms with Crippen molar-refractivity contribution in [3.63, 3.8) is 0 Å².